The molecule has 0 aliphatic carbocycles. The number of rotatable bonds is 5. The van der Waals surface area contributed by atoms with Gasteiger partial charge in [0.15, 0.2) is 0 Å². The van der Waals surface area contributed by atoms with Crippen molar-refractivity contribution in [2.75, 3.05) is 46.4 Å². The van der Waals surface area contributed by atoms with Crippen LogP contribution in [-0.2, 0) is 16.0 Å². The third-order valence-electron chi connectivity index (χ3n) is 3.98. The molecule has 1 aromatic rings. The Morgan fingerprint density at radius 3 is 2.30 bits per heavy atom. The van der Waals surface area contributed by atoms with Gasteiger partial charge in [-0.3, -0.25) is 4.79 Å². The van der Waals surface area contributed by atoms with Gasteiger partial charge >= 0.3 is 6.03 Å². The maximum Gasteiger partial charge on any atom is 0.317 e. The number of benzene rings is 1. The first-order valence-electron chi connectivity index (χ1n) is 7.95. The van der Waals surface area contributed by atoms with Crippen molar-refractivity contribution < 1.29 is 14.3 Å². The molecule has 1 N–H and O–H groups in total. The van der Waals surface area contributed by atoms with Gasteiger partial charge in [-0.15, -0.1) is 0 Å². The molecule has 1 aliphatic rings. The summed E-state index contributed by atoms with van der Waals surface area (Å²) in [6, 6.07) is 7.93. The summed E-state index contributed by atoms with van der Waals surface area (Å²) >= 11 is 0. The van der Waals surface area contributed by atoms with Crippen LogP contribution < -0.4 is 5.32 Å². The molecular weight excluding hydrogens is 294 g/mol. The highest BCUT2D eigenvalue weighted by atomic mass is 16.5. The van der Waals surface area contributed by atoms with E-state index in [2.05, 4.69) is 5.32 Å². The second-order valence-corrected chi connectivity index (χ2v) is 5.75. The Kier molecular flexibility index (Phi) is 6.40. The largest absolute Gasteiger partial charge is 0.383 e. The summed E-state index contributed by atoms with van der Waals surface area (Å²) in [5.41, 5.74) is 2.22. The van der Waals surface area contributed by atoms with E-state index in [-0.39, 0.29) is 11.9 Å². The number of nitrogens with one attached hydrogen (secondary N) is 1. The summed E-state index contributed by atoms with van der Waals surface area (Å²) in [6.07, 6.45) is 0.417. The Morgan fingerprint density at radius 1 is 1.09 bits per heavy atom. The molecule has 1 saturated heterocycles. The van der Waals surface area contributed by atoms with E-state index in [1.165, 1.54) is 5.56 Å². The lowest BCUT2D eigenvalue weighted by molar-refractivity contribution is -0.131. The number of carbonyl (C=O) groups is 2. The molecule has 126 valence electrons. The van der Waals surface area contributed by atoms with Gasteiger partial charge < -0.3 is 19.9 Å². The molecule has 0 saturated carbocycles. The molecule has 0 radical (unpaired) electrons. The van der Waals surface area contributed by atoms with Crippen LogP contribution in [0.4, 0.5) is 4.79 Å². The van der Waals surface area contributed by atoms with Crippen LogP contribution >= 0.6 is 0 Å². The molecule has 0 unspecified atom stereocenters. The van der Waals surface area contributed by atoms with Crippen LogP contribution in [0.3, 0.4) is 0 Å². The van der Waals surface area contributed by atoms with Crippen LogP contribution in [0.2, 0.25) is 0 Å². The molecule has 0 spiro atoms. The van der Waals surface area contributed by atoms with E-state index in [1.54, 1.807) is 12.0 Å². The number of hydrogen-bond acceptors (Lipinski definition) is 3. The molecule has 6 nitrogen and oxygen atoms in total. The van der Waals surface area contributed by atoms with E-state index in [0.29, 0.717) is 45.8 Å². The first-order valence-corrected chi connectivity index (χ1v) is 7.95. The molecule has 1 aromatic carbocycles. The van der Waals surface area contributed by atoms with Crippen molar-refractivity contribution in [2.45, 2.75) is 13.3 Å². The molecule has 3 amide bonds. The maximum absolute atomic E-state index is 12.3. The van der Waals surface area contributed by atoms with Gasteiger partial charge in [0.25, 0.3) is 0 Å². The Bertz CT molecular complexity index is 522. The van der Waals surface area contributed by atoms with Crippen LogP contribution in [0.5, 0.6) is 0 Å². The normalized spacial score (nSPS) is 14.7. The second kappa shape index (κ2) is 8.53. The number of ether oxygens (including phenoxy) is 1. The molecule has 0 atom stereocenters. The van der Waals surface area contributed by atoms with Crippen LogP contribution in [0.1, 0.15) is 11.1 Å². The minimum atomic E-state index is -0.0901. The zero-order valence-corrected chi connectivity index (χ0v) is 13.9. The van der Waals surface area contributed by atoms with E-state index in [9.17, 15) is 9.59 Å². The van der Waals surface area contributed by atoms with Crippen molar-refractivity contribution in [3.8, 4) is 0 Å². The third kappa shape index (κ3) is 5.25. The van der Waals surface area contributed by atoms with Gasteiger partial charge in [-0.2, -0.15) is 0 Å². The molecule has 1 fully saturated rings. The van der Waals surface area contributed by atoms with Gasteiger partial charge in [0.2, 0.25) is 5.91 Å². The van der Waals surface area contributed by atoms with Gasteiger partial charge in [0.1, 0.15) is 0 Å². The van der Waals surface area contributed by atoms with Gasteiger partial charge in [0, 0.05) is 39.8 Å². The number of methoxy groups -OCH3 is 1. The Balaban J connectivity index is 1.76. The van der Waals surface area contributed by atoms with E-state index < -0.39 is 0 Å². The first-order chi connectivity index (χ1) is 11.1. The number of nitrogens with zero attached hydrogens (tertiary/aromatic N) is 2. The Hall–Kier alpha value is -2.08. The molecule has 1 aliphatic heterocycles. The van der Waals surface area contributed by atoms with E-state index in [4.69, 9.17) is 4.74 Å². The number of carbonyl (C=O) groups excluding carboxylic acids is 2. The highest BCUT2D eigenvalue weighted by Gasteiger charge is 2.23. The predicted octanol–water partition coefficient (Wildman–Crippen LogP) is 1.04. The van der Waals surface area contributed by atoms with Crippen molar-refractivity contribution in [1.82, 2.24) is 15.1 Å². The molecular formula is C17H25N3O3. The summed E-state index contributed by atoms with van der Waals surface area (Å²) in [4.78, 5) is 27.8. The molecule has 23 heavy (non-hydrogen) atoms. The fraction of sp³-hybridized carbons (Fsp3) is 0.529. The second-order valence-electron chi connectivity index (χ2n) is 5.75. The monoisotopic (exact) mass is 319 g/mol. The fourth-order valence-electron chi connectivity index (χ4n) is 2.52. The standard InChI is InChI=1S/C17H25N3O3/c1-14-3-5-15(6-4-14)13-16(21)19-8-10-20(11-9-19)17(22)18-7-12-23-2/h3-6H,7-13H2,1-2H3,(H,18,22). The lowest BCUT2D eigenvalue weighted by Crippen LogP contribution is -2.53. The van der Waals surface area contributed by atoms with Gasteiger partial charge in [-0.05, 0) is 12.5 Å². The molecule has 1 heterocycles. The third-order valence-corrected chi connectivity index (χ3v) is 3.98. The van der Waals surface area contributed by atoms with E-state index >= 15 is 0 Å². The molecule has 0 bridgehead atoms. The smallest absolute Gasteiger partial charge is 0.317 e. The summed E-state index contributed by atoms with van der Waals surface area (Å²) in [6.45, 7) is 5.34. The molecule has 6 heteroatoms. The van der Waals surface area contributed by atoms with Crippen molar-refractivity contribution in [3.05, 3.63) is 35.4 Å². The number of amides is 3. The Labute approximate surface area is 137 Å². The molecule has 2 rings (SSSR count). The van der Waals surface area contributed by atoms with Crippen LogP contribution in [0.25, 0.3) is 0 Å². The number of piperazine rings is 1. The minimum absolute atomic E-state index is 0.0901. The lowest BCUT2D eigenvalue weighted by Gasteiger charge is -2.34. The average molecular weight is 319 g/mol. The Morgan fingerprint density at radius 2 is 1.70 bits per heavy atom. The predicted molar refractivity (Wildman–Crippen MR) is 88.3 cm³/mol. The van der Waals surface area contributed by atoms with Crippen molar-refractivity contribution in [1.29, 1.82) is 0 Å². The zero-order chi connectivity index (χ0) is 16.7. The maximum atomic E-state index is 12.3. The van der Waals surface area contributed by atoms with Gasteiger partial charge in [-0.1, -0.05) is 29.8 Å². The number of aryl methyl sites for hydroxylation is 1. The summed E-state index contributed by atoms with van der Waals surface area (Å²) in [5.74, 6) is 0.119. The highest BCUT2D eigenvalue weighted by molar-refractivity contribution is 5.79. The van der Waals surface area contributed by atoms with Gasteiger partial charge in [-0.25, -0.2) is 4.79 Å². The van der Waals surface area contributed by atoms with Crippen LogP contribution in [-0.4, -0.2) is 68.2 Å². The first kappa shape index (κ1) is 17.3. The summed E-state index contributed by atoms with van der Waals surface area (Å²) in [5, 5.41) is 2.80. The highest BCUT2D eigenvalue weighted by Crippen LogP contribution is 2.08. The average Bonchev–Trinajstić information content (AvgIpc) is 2.57. The van der Waals surface area contributed by atoms with E-state index in [0.717, 1.165) is 5.56 Å². The zero-order valence-electron chi connectivity index (χ0n) is 13.9. The van der Waals surface area contributed by atoms with Crippen LogP contribution in [0, 0.1) is 6.92 Å². The van der Waals surface area contributed by atoms with Gasteiger partial charge in [0.05, 0.1) is 13.0 Å². The van der Waals surface area contributed by atoms with Crippen molar-refractivity contribution in [2.24, 2.45) is 0 Å². The minimum Gasteiger partial charge on any atom is -0.383 e. The lowest BCUT2D eigenvalue weighted by atomic mass is 10.1. The fourth-order valence-corrected chi connectivity index (χ4v) is 2.52. The quantitative estimate of drug-likeness (QED) is 0.825. The number of urea groups is 1. The molecule has 0 aromatic heterocycles. The van der Waals surface area contributed by atoms with E-state index in [1.807, 2.05) is 36.1 Å². The number of hydrogen-bond donors (Lipinski definition) is 1. The topological polar surface area (TPSA) is 61.9 Å². The van der Waals surface area contributed by atoms with Crippen molar-refractivity contribution >= 4 is 11.9 Å². The SMILES string of the molecule is COCCNC(=O)N1CCN(C(=O)Cc2ccc(C)cc2)CC1. The van der Waals surface area contributed by atoms with Crippen LogP contribution in [0.15, 0.2) is 24.3 Å². The summed E-state index contributed by atoms with van der Waals surface area (Å²) in [7, 11) is 1.60. The van der Waals surface area contributed by atoms with Crippen molar-refractivity contribution in [3.63, 3.8) is 0 Å². The summed E-state index contributed by atoms with van der Waals surface area (Å²) < 4.78 is 4.91.